The third-order valence-electron chi connectivity index (χ3n) is 8.02. The number of rotatable bonds is 10. The lowest BCUT2D eigenvalue weighted by molar-refractivity contribution is 0.0496. The number of amides is 2. The van der Waals surface area contributed by atoms with Crippen LogP contribution in [0.5, 0.6) is 0 Å². The Balaban J connectivity index is 1.32. The predicted octanol–water partition coefficient (Wildman–Crippen LogP) is 7.09. The van der Waals surface area contributed by atoms with E-state index in [4.69, 9.17) is 9.47 Å². The molecule has 0 spiro atoms. The van der Waals surface area contributed by atoms with E-state index in [1.54, 1.807) is 0 Å². The van der Waals surface area contributed by atoms with Crippen LogP contribution in [0.3, 0.4) is 0 Å². The summed E-state index contributed by atoms with van der Waals surface area (Å²) >= 11 is 2.84. The van der Waals surface area contributed by atoms with Crippen molar-refractivity contribution in [2.45, 2.75) is 79.1 Å². The van der Waals surface area contributed by atoms with E-state index in [0.29, 0.717) is 59.0 Å². The zero-order chi connectivity index (χ0) is 31.4. The van der Waals surface area contributed by atoms with Crippen molar-refractivity contribution in [1.29, 1.82) is 0 Å². The summed E-state index contributed by atoms with van der Waals surface area (Å²) in [7, 11) is 0. The van der Waals surface area contributed by atoms with Crippen LogP contribution in [0.4, 0.5) is 10.0 Å². The van der Waals surface area contributed by atoms with Gasteiger partial charge in [0.2, 0.25) is 0 Å². The Morgan fingerprint density at radius 1 is 0.795 bits per heavy atom. The molecule has 0 bridgehead atoms. The number of nitrogens with one attached hydrogen (secondary N) is 2. The molecule has 2 aliphatic rings. The zero-order valence-corrected chi connectivity index (χ0v) is 27.3. The summed E-state index contributed by atoms with van der Waals surface area (Å²) in [5.74, 6) is -0.728. The van der Waals surface area contributed by atoms with Crippen molar-refractivity contribution in [3.63, 3.8) is 0 Å². The van der Waals surface area contributed by atoms with E-state index in [1.165, 1.54) is 41.0 Å². The van der Waals surface area contributed by atoms with E-state index in [9.17, 15) is 19.2 Å². The molecule has 2 atom stereocenters. The summed E-state index contributed by atoms with van der Waals surface area (Å²) < 4.78 is 10.9. The number of anilines is 2. The molecular formula is C33H39N3O6S2. The molecule has 9 nitrogen and oxygen atoms in total. The smallest absolute Gasteiger partial charge is 0.341 e. The molecule has 3 heterocycles. The number of ether oxygens (including phenoxy) is 2. The van der Waals surface area contributed by atoms with Crippen LogP contribution < -0.4 is 10.6 Å². The highest BCUT2D eigenvalue weighted by Crippen LogP contribution is 2.41. The first-order chi connectivity index (χ1) is 21.2. The maximum absolute atomic E-state index is 13.3. The van der Waals surface area contributed by atoms with Crippen LogP contribution in [-0.4, -0.2) is 42.0 Å². The third-order valence-corrected chi connectivity index (χ3v) is 10.4. The maximum atomic E-state index is 13.3. The van der Waals surface area contributed by atoms with E-state index in [0.717, 1.165) is 59.4 Å². The Hall–Kier alpha value is -3.57. The summed E-state index contributed by atoms with van der Waals surface area (Å²) in [4.78, 5) is 58.9. The van der Waals surface area contributed by atoms with Crippen molar-refractivity contribution in [3.8, 4) is 0 Å². The summed E-state index contributed by atoms with van der Waals surface area (Å²) in [5.41, 5.74) is 3.18. The van der Waals surface area contributed by atoms with Crippen LogP contribution in [0.25, 0.3) is 0 Å². The number of nitrogens with zero attached hydrogens (tertiary/aromatic N) is 1. The molecule has 3 aromatic heterocycles. The summed E-state index contributed by atoms with van der Waals surface area (Å²) in [6.07, 6.45) is 7.97. The van der Waals surface area contributed by atoms with Gasteiger partial charge in [0, 0.05) is 16.0 Å². The Kier molecular flexibility index (Phi) is 10.2. The largest absolute Gasteiger partial charge is 0.462 e. The van der Waals surface area contributed by atoms with Crippen LogP contribution in [0.15, 0.2) is 18.3 Å². The molecule has 44 heavy (non-hydrogen) atoms. The Morgan fingerprint density at radius 3 is 1.75 bits per heavy atom. The van der Waals surface area contributed by atoms with E-state index in [-0.39, 0.29) is 11.3 Å². The van der Waals surface area contributed by atoms with Gasteiger partial charge in [-0.25, -0.2) is 9.59 Å². The average Bonchev–Trinajstić information content (AvgIpc) is 3.54. The van der Waals surface area contributed by atoms with Crippen molar-refractivity contribution in [3.05, 3.63) is 61.6 Å². The SMILES string of the molecule is CCCOC(=O)c1c(NC(=O)c2ccc(C(=O)Nc3sc4c(c3C(=O)OCCC)CCC(C)C4)nc2)sc2c1CCC(C)C2. The number of fused-ring (bicyclic) bond motifs is 2. The molecule has 0 fully saturated rings. The summed E-state index contributed by atoms with van der Waals surface area (Å²) in [6, 6.07) is 3.01. The van der Waals surface area contributed by atoms with E-state index >= 15 is 0 Å². The zero-order valence-electron chi connectivity index (χ0n) is 25.7. The summed E-state index contributed by atoms with van der Waals surface area (Å²) in [6.45, 7) is 8.87. The van der Waals surface area contributed by atoms with Crippen molar-refractivity contribution in [2.24, 2.45) is 11.8 Å². The van der Waals surface area contributed by atoms with Gasteiger partial charge >= 0.3 is 11.9 Å². The molecule has 2 N–H and O–H groups in total. The molecule has 0 saturated carbocycles. The van der Waals surface area contributed by atoms with Gasteiger partial charge in [-0.1, -0.05) is 27.7 Å². The Labute approximate surface area is 265 Å². The molecule has 11 heteroatoms. The molecule has 0 aromatic carbocycles. The Morgan fingerprint density at radius 2 is 1.30 bits per heavy atom. The van der Waals surface area contributed by atoms with Crippen LogP contribution in [0.2, 0.25) is 0 Å². The number of carbonyl (C=O) groups excluding carboxylic acids is 4. The highest BCUT2D eigenvalue weighted by Gasteiger charge is 2.31. The first-order valence-corrected chi connectivity index (χ1v) is 17.0. The van der Waals surface area contributed by atoms with Gasteiger partial charge in [0.15, 0.2) is 0 Å². The van der Waals surface area contributed by atoms with Gasteiger partial charge in [-0.15, -0.1) is 22.7 Å². The van der Waals surface area contributed by atoms with E-state index in [1.807, 2.05) is 13.8 Å². The topological polar surface area (TPSA) is 124 Å². The van der Waals surface area contributed by atoms with Gasteiger partial charge in [-0.3, -0.25) is 14.6 Å². The molecule has 0 radical (unpaired) electrons. The summed E-state index contributed by atoms with van der Waals surface area (Å²) in [5, 5.41) is 6.73. The lowest BCUT2D eigenvalue weighted by Crippen LogP contribution is -2.19. The highest BCUT2D eigenvalue weighted by atomic mass is 32.1. The Bertz CT molecular complexity index is 1440. The van der Waals surface area contributed by atoms with Crippen molar-refractivity contribution in [2.75, 3.05) is 23.8 Å². The van der Waals surface area contributed by atoms with Crippen LogP contribution in [-0.2, 0) is 35.2 Å². The second kappa shape index (κ2) is 14.0. The minimum absolute atomic E-state index is 0.110. The second-order valence-electron chi connectivity index (χ2n) is 11.7. The number of carbonyl (C=O) groups is 4. The van der Waals surface area contributed by atoms with Gasteiger partial charge < -0.3 is 20.1 Å². The van der Waals surface area contributed by atoms with Crippen LogP contribution in [0, 0.1) is 11.8 Å². The van der Waals surface area contributed by atoms with Crippen molar-refractivity contribution < 1.29 is 28.7 Å². The third kappa shape index (κ3) is 6.89. The monoisotopic (exact) mass is 637 g/mol. The second-order valence-corrected chi connectivity index (χ2v) is 13.9. The molecule has 3 aromatic rings. The van der Waals surface area contributed by atoms with Gasteiger partial charge in [0.25, 0.3) is 11.8 Å². The number of aromatic nitrogens is 1. The molecule has 0 saturated heterocycles. The minimum Gasteiger partial charge on any atom is -0.462 e. The lowest BCUT2D eigenvalue weighted by atomic mass is 9.88. The first kappa shape index (κ1) is 31.8. The van der Waals surface area contributed by atoms with Gasteiger partial charge in [0.05, 0.1) is 29.9 Å². The molecule has 2 unspecified atom stereocenters. The van der Waals surface area contributed by atoms with E-state index < -0.39 is 23.8 Å². The number of hydrogen-bond donors (Lipinski definition) is 2. The van der Waals surface area contributed by atoms with Gasteiger partial charge in [-0.05, 0) is 86.5 Å². The molecule has 0 aliphatic heterocycles. The number of thiophene rings is 2. The first-order valence-electron chi connectivity index (χ1n) is 15.4. The van der Waals surface area contributed by atoms with Gasteiger partial charge in [0.1, 0.15) is 15.7 Å². The fraction of sp³-hybridized carbons (Fsp3) is 0.485. The average molecular weight is 638 g/mol. The lowest BCUT2D eigenvalue weighted by Gasteiger charge is -2.18. The number of esters is 2. The van der Waals surface area contributed by atoms with Crippen molar-refractivity contribution >= 4 is 56.4 Å². The molecule has 5 rings (SSSR count). The highest BCUT2D eigenvalue weighted by molar-refractivity contribution is 7.17. The molecule has 2 aliphatic carbocycles. The fourth-order valence-corrected chi connectivity index (χ4v) is 8.44. The molecular weight excluding hydrogens is 599 g/mol. The van der Waals surface area contributed by atoms with Crippen LogP contribution >= 0.6 is 22.7 Å². The number of pyridine rings is 1. The number of hydrogen-bond acceptors (Lipinski definition) is 9. The van der Waals surface area contributed by atoms with Gasteiger partial charge in [-0.2, -0.15) is 0 Å². The minimum atomic E-state index is -0.478. The fourth-order valence-electron chi connectivity index (χ4n) is 5.65. The maximum Gasteiger partial charge on any atom is 0.341 e. The van der Waals surface area contributed by atoms with E-state index in [2.05, 4.69) is 29.5 Å². The molecule has 234 valence electrons. The quantitative estimate of drug-likeness (QED) is 0.228. The molecule has 2 amide bonds. The standard InChI is InChI=1S/C33H39N3O6S2/c1-5-13-41-32(39)26-21-10-7-18(3)15-24(21)43-30(26)35-28(37)20-9-12-23(34-17-20)29(38)36-31-27(33(40)42-14-6-2)22-11-8-19(4)16-25(22)44-31/h9,12,17-19H,5-8,10-11,13-16H2,1-4H3,(H,35,37)(H,36,38). The van der Waals surface area contributed by atoms with Crippen LogP contribution in [0.1, 0.15) is 116 Å². The normalized spacial score (nSPS) is 17.3. The van der Waals surface area contributed by atoms with Crippen molar-refractivity contribution in [1.82, 2.24) is 4.98 Å². The predicted molar refractivity (Wildman–Crippen MR) is 172 cm³/mol.